The molecule has 8 nitrogen and oxygen atoms in total. The quantitative estimate of drug-likeness (QED) is 0.405. The van der Waals surface area contributed by atoms with Crippen molar-refractivity contribution in [2.45, 2.75) is 50.5 Å². The molecule has 3 amide bonds. The summed E-state index contributed by atoms with van der Waals surface area (Å²) in [5, 5.41) is 5.40. The van der Waals surface area contributed by atoms with E-state index in [4.69, 9.17) is 11.6 Å². The van der Waals surface area contributed by atoms with Gasteiger partial charge in [0, 0.05) is 37.3 Å². The van der Waals surface area contributed by atoms with E-state index in [1.165, 1.54) is 29.5 Å². The Morgan fingerprint density at radius 2 is 1.93 bits per heavy atom. The Bertz CT molecular complexity index is 1570. The molecule has 1 saturated heterocycles. The Labute approximate surface area is 248 Å². The van der Waals surface area contributed by atoms with Gasteiger partial charge >= 0.3 is 0 Å². The van der Waals surface area contributed by atoms with Crippen LogP contribution >= 0.6 is 22.9 Å². The van der Waals surface area contributed by atoms with E-state index in [0.717, 1.165) is 16.8 Å². The number of pyridine rings is 1. The number of aryl methyl sites for hydroxylation is 1. The van der Waals surface area contributed by atoms with Crippen LogP contribution in [0.2, 0.25) is 5.02 Å². The molecular weight excluding hydrogens is 591 g/mol. The molecule has 2 fully saturated rings. The monoisotopic (exact) mass is 617 g/mol. The number of alkyl halides is 2. The average molecular weight is 618 g/mol. The summed E-state index contributed by atoms with van der Waals surface area (Å²) < 4.78 is 41.1. The number of halogens is 4. The fourth-order valence-corrected chi connectivity index (χ4v) is 7.04. The van der Waals surface area contributed by atoms with Gasteiger partial charge in [0.1, 0.15) is 22.6 Å². The predicted octanol–water partition coefficient (Wildman–Crippen LogP) is 5.31. The number of aromatic nitrogens is 2. The predicted molar refractivity (Wildman–Crippen MR) is 151 cm³/mol. The minimum Gasteiger partial charge on any atom is -0.349 e. The number of nitrogens with zero attached hydrogens (tertiary/aromatic N) is 4. The molecule has 42 heavy (non-hydrogen) atoms. The van der Waals surface area contributed by atoms with E-state index < -0.39 is 29.3 Å². The van der Waals surface area contributed by atoms with Crippen molar-refractivity contribution in [3.63, 3.8) is 0 Å². The topological polar surface area (TPSA) is 95.5 Å². The number of nitrogens with one attached hydrogen (secondary N) is 1. The highest BCUT2D eigenvalue weighted by Gasteiger charge is 2.59. The first-order chi connectivity index (χ1) is 20.1. The summed E-state index contributed by atoms with van der Waals surface area (Å²) in [6, 6.07) is 5.32. The molecule has 3 aliphatic rings. The highest BCUT2D eigenvalue weighted by molar-refractivity contribution is 7.09. The van der Waals surface area contributed by atoms with E-state index in [0.29, 0.717) is 43.6 Å². The van der Waals surface area contributed by atoms with Crippen molar-refractivity contribution in [2.75, 3.05) is 24.5 Å². The summed E-state index contributed by atoms with van der Waals surface area (Å²) in [6.07, 6.45) is 0.704. The summed E-state index contributed by atoms with van der Waals surface area (Å²) in [4.78, 5) is 50.7. The highest BCUT2D eigenvalue weighted by atomic mass is 35.5. The molecule has 0 bridgehead atoms. The van der Waals surface area contributed by atoms with Crippen molar-refractivity contribution in [3.8, 4) is 0 Å². The minimum absolute atomic E-state index is 0.0913. The second kappa shape index (κ2) is 11.0. The standard InChI is InChI=1S/C29H27ClF3N5O3S/c1-15-35-22(12-42-15)27(40)37-13-29(14-37)21-7-4-18(31)9-23(21)38(28(29)41)11-16-2-5-19(6-3-16)36-26(39)20-8-17(30)10-34-24(20)25(32)33/h4,7-10,12,16,19,25H,2-3,5-6,11,13-14H2,1H3,(H,36,39). The van der Waals surface area contributed by atoms with E-state index in [2.05, 4.69) is 15.3 Å². The Balaban J connectivity index is 1.11. The van der Waals surface area contributed by atoms with Crippen molar-refractivity contribution in [3.05, 3.63) is 74.2 Å². The SMILES string of the molecule is Cc1nc(C(=O)N2CC3(C2)C(=O)N(CC2CCC(NC(=O)c4cc(Cl)cnc4C(F)F)CC2)c2cc(F)ccc23)cs1. The zero-order valence-corrected chi connectivity index (χ0v) is 24.2. The lowest BCUT2D eigenvalue weighted by molar-refractivity contribution is -0.128. The number of rotatable bonds is 6. The molecule has 1 N–H and O–H groups in total. The van der Waals surface area contributed by atoms with E-state index in [-0.39, 0.29) is 47.4 Å². The molecule has 220 valence electrons. The van der Waals surface area contributed by atoms with Crippen LogP contribution in [0.3, 0.4) is 0 Å². The van der Waals surface area contributed by atoms with Crippen LogP contribution in [0.4, 0.5) is 18.9 Å². The van der Waals surface area contributed by atoms with Crippen molar-refractivity contribution >= 4 is 46.3 Å². The fraction of sp³-hybridized carbons (Fsp3) is 0.414. The molecule has 0 radical (unpaired) electrons. The maximum absolute atomic E-state index is 14.3. The normalized spacial score (nSPS) is 21.0. The number of anilines is 1. The maximum atomic E-state index is 14.3. The van der Waals surface area contributed by atoms with Gasteiger partial charge in [-0.05, 0) is 62.3 Å². The number of fused-ring (bicyclic) bond motifs is 2. The summed E-state index contributed by atoms with van der Waals surface area (Å²) >= 11 is 7.27. The fourth-order valence-electron chi connectivity index (χ4n) is 6.29. The summed E-state index contributed by atoms with van der Waals surface area (Å²) in [5.41, 5.74) is -0.171. The lowest BCUT2D eigenvalue weighted by Crippen LogP contribution is -2.65. The van der Waals surface area contributed by atoms with Crippen LogP contribution in [0.5, 0.6) is 0 Å². The molecule has 3 aromatic rings. The van der Waals surface area contributed by atoms with Gasteiger partial charge in [0.15, 0.2) is 0 Å². The van der Waals surface area contributed by atoms with E-state index in [1.54, 1.807) is 21.2 Å². The van der Waals surface area contributed by atoms with Gasteiger partial charge in [-0.1, -0.05) is 17.7 Å². The highest BCUT2D eigenvalue weighted by Crippen LogP contribution is 2.48. The molecule has 1 spiro atoms. The Morgan fingerprint density at radius 3 is 2.60 bits per heavy atom. The molecule has 0 unspecified atom stereocenters. The number of thiazole rings is 1. The number of likely N-dealkylation sites (tertiary alicyclic amines) is 1. The van der Waals surface area contributed by atoms with Crippen LogP contribution < -0.4 is 10.2 Å². The van der Waals surface area contributed by atoms with Crippen molar-refractivity contribution in [2.24, 2.45) is 5.92 Å². The first kappa shape index (κ1) is 28.6. The average Bonchev–Trinajstić information content (AvgIpc) is 3.47. The zero-order chi connectivity index (χ0) is 29.8. The lowest BCUT2D eigenvalue weighted by atomic mass is 9.74. The second-order valence-corrected chi connectivity index (χ2v) is 12.6. The number of amides is 3. The summed E-state index contributed by atoms with van der Waals surface area (Å²) in [5.74, 6) is -1.38. The molecule has 13 heteroatoms. The molecule has 2 aliphatic heterocycles. The third-order valence-corrected chi connectivity index (χ3v) is 9.41. The number of carbonyl (C=O) groups is 3. The minimum atomic E-state index is -2.91. The Morgan fingerprint density at radius 1 is 1.19 bits per heavy atom. The smallest absolute Gasteiger partial charge is 0.281 e. The van der Waals surface area contributed by atoms with Crippen LogP contribution in [-0.2, 0) is 10.2 Å². The van der Waals surface area contributed by atoms with Crippen LogP contribution in [0.25, 0.3) is 0 Å². The Hall–Kier alpha value is -3.51. The first-order valence-electron chi connectivity index (χ1n) is 13.6. The first-order valence-corrected chi connectivity index (χ1v) is 14.9. The molecule has 0 atom stereocenters. The lowest BCUT2D eigenvalue weighted by Gasteiger charge is -2.46. The van der Waals surface area contributed by atoms with Gasteiger partial charge in [-0.25, -0.2) is 18.2 Å². The second-order valence-electron chi connectivity index (χ2n) is 11.2. The van der Waals surface area contributed by atoms with Gasteiger partial charge in [-0.3, -0.25) is 19.4 Å². The van der Waals surface area contributed by atoms with Crippen LogP contribution in [0, 0.1) is 18.7 Å². The zero-order valence-electron chi connectivity index (χ0n) is 22.6. The molecule has 6 rings (SSSR count). The molecular formula is C29H27ClF3N5O3S. The van der Waals surface area contributed by atoms with Gasteiger partial charge in [0.2, 0.25) is 5.91 Å². The summed E-state index contributed by atoms with van der Waals surface area (Å²) in [6.45, 7) is 2.61. The van der Waals surface area contributed by atoms with Crippen molar-refractivity contribution < 1.29 is 27.6 Å². The maximum Gasteiger partial charge on any atom is 0.281 e. The van der Waals surface area contributed by atoms with E-state index in [1.807, 2.05) is 6.92 Å². The van der Waals surface area contributed by atoms with Gasteiger partial charge in [0.05, 0.1) is 21.3 Å². The number of hydrogen-bond acceptors (Lipinski definition) is 6. The third-order valence-electron chi connectivity index (χ3n) is 8.43. The van der Waals surface area contributed by atoms with E-state index in [9.17, 15) is 27.6 Å². The number of hydrogen-bond donors (Lipinski definition) is 1. The molecule has 2 aromatic heterocycles. The largest absolute Gasteiger partial charge is 0.349 e. The van der Waals surface area contributed by atoms with Gasteiger partial charge < -0.3 is 15.1 Å². The molecule has 1 aliphatic carbocycles. The molecule has 4 heterocycles. The Kier molecular flexibility index (Phi) is 7.46. The summed E-state index contributed by atoms with van der Waals surface area (Å²) in [7, 11) is 0. The molecule has 1 aromatic carbocycles. The van der Waals surface area contributed by atoms with Crippen molar-refractivity contribution in [1.29, 1.82) is 0 Å². The van der Waals surface area contributed by atoms with Gasteiger partial charge in [-0.15, -0.1) is 11.3 Å². The van der Waals surface area contributed by atoms with Gasteiger partial charge in [-0.2, -0.15) is 0 Å². The van der Waals surface area contributed by atoms with Gasteiger partial charge in [0.25, 0.3) is 18.2 Å². The number of benzene rings is 1. The number of carbonyl (C=O) groups excluding carboxylic acids is 3. The third kappa shape index (κ3) is 5.04. The van der Waals surface area contributed by atoms with E-state index >= 15 is 0 Å². The van der Waals surface area contributed by atoms with Crippen molar-refractivity contribution in [1.82, 2.24) is 20.2 Å². The molecule has 1 saturated carbocycles. The van der Waals surface area contributed by atoms with Crippen LogP contribution in [0.15, 0.2) is 35.8 Å². The van der Waals surface area contributed by atoms with Crippen LogP contribution in [-0.4, -0.2) is 58.3 Å². The van der Waals surface area contributed by atoms with Crippen LogP contribution in [0.1, 0.15) is 69.2 Å².